The first-order valence-corrected chi connectivity index (χ1v) is 7.17. The minimum Gasteiger partial charge on any atom is -0.399 e. The van der Waals surface area contributed by atoms with Crippen molar-refractivity contribution in [2.75, 3.05) is 17.6 Å². The van der Waals surface area contributed by atoms with Crippen LogP contribution in [0.5, 0.6) is 0 Å². The van der Waals surface area contributed by atoms with E-state index in [0.29, 0.717) is 39.2 Å². The average molecular weight is 324 g/mol. The molecule has 1 amide bonds. The van der Waals surface area contributed by atoms with E-state index in [4.69, 9.17) is 28.9 Å². The summed E-state index contributed by atoms with van der Waals surface area (Å²) in [4.78, 5) is 12.1. The zero-order valence-corrected chi connectivity index (χ0v) is 12.9. The molecule has 21 heavy (non-hydrogen) atoms. The number of nitrogens with one attached hydrogen (secondary N) is 2. The lowest BCUT2D eigenvalue weighted by Crippen LogP contribution is -2.23. The Morgan fingerprint density at radius 3 is 2.67 bits per heavy atom. The summed E-state index contributed by atoms with van der Waals surface area (Å²) in [6.07, 6.45) is 0. The zero-order valence-electron chi connectivity index (χ0n) is 11.4. The van der Waals surface area contributed by atoms with E-state index < -0.39 is 0 Å². The summed E-state index contributed by atoms with van der Waals surface area (Å²) < 4.78 is 0. The van der Waals surface area contributed by atoms with E-state index in [1.807, 2.05) is 6.92 Å². The van der Waals surface area contributed by atoms with E-state index in [1.165, 1.54) is 0 Å². The molecule has 0 bridgehead atoms. The number of hydrogen-bond acceptors (Lipinski definition) is 3. The van der Waals surface area contributed by atoms with Gasteiger partial charge in [-0.3, -0.25) is 4.79 Å². The van der Waals surface area contributed by atoms with Crippen LogP contribution in [0.15, 0.2) is 36.4 Å². The van der Waals surface area contributed by atoms with Crippen molar-refractivity contribution in [3.8, 4) is 0 Å². The number of carbonyl (C=O) groups excluding carboxylic acids is 1. The van der Waals surface area contributed by atoms with Gasteiger partial charge in [-0.2, -0.15) is 0 Å². The van der Waals surface area contributed by atoms with Crippen LogP contribution in [-0.2, 0) is 0 Å². The molecule has 0 atom stereocenters. The van der Waals surface area contributed by atoms with Gasteiger partial charge in [0, 0.05) is 12.2 Å². The molecule has 0 saturated heterocycles. The van der Waals surface area contributed by atoms with E-state index in [0.717, 1.165) is 0 Å². The number of nitrogen functional groups attached to an aromatic ring is 1. The summed E-state index contributed by atoms with van der Waals surface area (Å²) in [6, 6.07) is 10.3. The van der Waals surface area contributed by atoms with Gasteiger partial charge in [-0.05, 0) is 37.3 Å². The van der Waals surface area contributed by atoms with Crippen LogP contribution < -0.4 is 16.4 Å². The number of rotatable bonds is 4. The van der Waals surface area contributed by atoms with Gasteiger partial charge in [-0.25, -0.2) is 0 Å². The topological polar surface area (TPSA) is 67.2 Å². The van der Waals surface area contributed by atoms with Gasteiger partial charge in [-0.1, -0.05) is 29.3 Å². The third kappa shape index (κ3) is 3.60. The number of amides is 1. The fourth-order valence-corrected chi connectivity index (χ4v) is 2.21. The molecule has 0 aliphatic carbocycles. The number of halogens is 2. The Balaban J connectivity index is 2.41. The third-order valence-electron chi connectivity index (χ3n) is 2.85. The van der Waals surface area contributed by atoms with Crippen molar-refractivity contribution < 1.29 is 4.79 Å². The Labute approximate surface area is 133 Å². The van der Waals surface area contributed by atoms with Gasteiger partial charge in [-0.15, -0.1) is 0 Å². The molecule has 0 heterocycles. The molecule has 0 saturated carbocycles. The van der Waals surface area contributed by atoms with Gasteiger partial charge in [0.2, 0.25) is 0 Å². The second-order valence-corrected chi connectivity index (χ2v) is 5.18. The fraction of sp³-hybridized carbons (Fsp3) is 0.133. The highest BCUT2D eigenvalue weighted by Gasteiger charge is 2.13. The first-order valence-electron chi connectivity index (χ1n) is 6.41. The molecule has 0 aliphatic rings. The smallest absolute Gasteiger partial charge is 0.253 e. The van der Waals surface area contributed by atoms with Gasteiger partial charge >= 0.3 is 0 Å². The van der Waals surface area contributed by atoms with Crippen LogP contribution in [0.2, 0.25) is 10.0 Å². The molecule has 0 radical (unpaired) electrons. The summed E-state index contributed by atoms with van der Waals surface area (Å²) in [5.41, 5.74) is 8.01. The molecule has 2 rings (SSSR count). The van der Waals surface area contributed by atoms with Crippen LogP contribution >= 0.6 is 23.2 Å². The lowest BCUT2D eigenvalue weighted by atomic mass is 10.1. The molecule has 2 aromatic rings. The number of hydrogen-bond donors (Lipinski definition) is 3. The molecule has 4 N–H and O–H groups in total. The van der Waals surface area contributed by atoms with Crippen LogP contribution in [0, 0.1) is 0 Å². The highest BCUT2D eigenvalue weighted by molar-refractivity contribution is 6.43. The van der Waals surface area contributed by atoms with E-state index >= 15 is 0 Å². The van der Waals surface area contributed by atoms with Crippen LogP contribution in [0.1, 0.15) is 17.3 Å². The summed E-state index contributed by atoms with van der Waals surface area (Å²) in [5.74, 6) is -0.182. The number of carbonyl (C=O) groups is 1. The van der Waals surface area contributed by atoms with Gasteiger partial charge in [0.1, 0.15) is 0 Å². The molecular weight excluding hydrogens is 309 g/mol. The lowest BCUT2D eigenvalue weighted by Gasteiger charge is -2.14. The van der Waals surface area contributed by atoms with Gasteiger partial charge in [0.15, 0.2) is 0 Å². The van der Waals surface area contributed by atoms with Crippen molar-refractivity contribution >= 4 is 46.2 Å². The van der Waals surface area contributed by atoms with Gasteiger partial charge in [0.25, 0.3) is 5.91 Å². The fourth-order valence-electron chi connectivity index (χ4n) is 1.86. The normalized spacial score (nSPS) is 10.2. The predicted molar refractivity (Wildman–Crippen MR) is 88.6 cm³/mol. The standard InChI is InChI=1S/C15H15Cl2N3O/c1-2-19-15(21)10-7-6-9(18)8-13(10)20-12-5-3-4-11(16)14(12)17/h3-8,20H,2,18H2,1H3,(H,19,21). The van der Waals surface area contributed by atoms with Crippen LogP contribution in [0.25, 0.3) is 0 Å². The van der Waals surface area contributed by atoms with Crippen molar-refractivity contribution in [2.24, 2.45) is 0 Å². The maximum atomic E-state index is 12.1. The zero-order chi connectivity index (χ0) is 15.4. The molecule has 0 unspecified atom stereocenters. The minimum atomic E-state index is -0.182. The van der Waals surface area contributed by atoms with E-state index in [9.17, 15) is 4.79 Å². The summed E-state index contributed by atoms with van der Waals surface area (Å²) >= 11 is 12.1. The quantitative estimate of drug-likeness (QED) is 0.743. The Bertz CT molecular complexity index is 674. The van der Waals surface area contributed by atoms with E-state index in [-0.39, 0.29) is 5.91 Å². The molecule has 6 heteroatoms. The van der Waals surface area contributed by atoms with Crippen molar-refractivity contribution in [3.05, 3.63) is 52.0 Å². The number of anilines is 3. The largest absolute Gasteiger partial charge is 0.399 e. The van der Waals surface area contributed by atoms with Crippen molar-refractivity contribution in [3.63, 3.8) is 0 Å². The van der Waals surface area contributed by atoms with E-state index in [1.54, 1.807) is 36.4 Å². The van der Waals surface area contributed by atoms with Gasteiger partial charge in [0.05, 0.1) is 27.0 Å². The minimum absolute atomic E-state index is 0.182. The molecule has 2 aromatic carbocycles. The number of benzene rings is 2. The summed E-state index contributed by atoms with van der Waals surface area (Å²) in [7, 11) is 0. The van der Waals surface area contributed by atoms with Crippen LogP contribution in [0.4, 0.5) is 17.1 Å². The SMILES string of the molecule is CCNC(=O)c1ccc(N)cc1Nc1cccc(Cl)c1Cl. The summed E-state index contributed by atoms with van der Waals surface area (Å²) in [6.45, 7) is 2.40. The van der Waals surface area contributed by atoms with Gasteiger partial charge < -0.3 is 16.4 Å². The first-order chi connectivity index (χ1) is 10.0. The van der Waals surface area contributed by atoms with Crippen molar-refractivity contribution in [1.29, 1.82) is 0 Å². The maximum absolute atomic E-state index is 12.1. The Kier molecular flexibility index (Phi) is 4.94. The highest BCUT2D eigenvalue weighted by Crippen LogP contribution is 2.33. The Morgan fingerprint density at radius 1 is 1.19 bits per heavy atom. The molecule has 4 nitrogen and oxygen atoms in total. The monoisotopic (exact) mass is 323 g/mol. The molecular formula is C15H15Cl2N3O. The van der Waals surface area contributed by atoms with E-state index in [2.05, 4.69) is 10.6 Å². The second kappa shape index (κ2) is 6.70. The van der Waals surface area contributed by atoms with Crippen LogP contribution in [0.3, 0.4) is 0 Å². The highest BCUT2D eigenvalue weighted by atomic mass is 35.5. The second-order valence-electron chi connectivity index (χ2n) is 4.39. The van der Waals surface area contributed by atoms with Crippen molar-refractivity contribution in [1.82, 2.24) is 5.32 Å². The predicted octanol–water partition coefficient (Wildman–Crippen LogP) is 4.07. The lowest BCUT2D eigenvalue weighted by molar-refractivity contribution is 0.0956. The Hall–Kier alpha value is -1.91. The summed E-state index contributed by atoms with van der Waals surface area (Å²) in [5, 5.41) is 6.69. The molecule has 110 valence electrons. The maximum Gasteiger partial charge on any atom is 0.253 e. The molecule has 0 spiro atoms. The molecule has 0 fully saturated rings. The number of nitrogens with two attached hydrogens (primary N) is 1. The first kappa shape index (κ1) is 15.5. The van der Waals surface area contributed by atoms with Crippen molar-refractivity contribution in [2.45, 2.75) is 6.92 Å². The Morgan fingerprint density at radius 2 is 1.95 bits per heavy atom. The molecule has 0 aliphatic heterocycles. The average Bonchev–Trinajstić information content (AvgIpc) is 2.44. The third-order valence-corrected chi connectivity index (χ3v) is 3.67. The van der Waals surface area contributed by atoms with Crippen LogP contribution in [-0.4, -0.2) is 12.5 Å². The molecule has 0 aromatic heterocycles.